The van der Waals surface area contributed by atoms with Crippen LogP contribution >= 0.6 is 0 Å². The minimum Gasteiger partial charge on any atom is -0.269 e. The lowest BCUT2D eigenvalue weighted by Crippen LogP contribution is -2.21. The Morgan fingerprint density at radius 3 is 2.88 bits per heavy atom. The van der Waals surface area contributed by atoms with Crippen molar-refractivity contribution in [1.82, 2.24) is 0 Å². The minimum atomic E-state index is -2.51. The first-order valence-corrected chi connectivity index (χ1v) is 6.39. The highest BCUT2D eigenvalue weighted by molar-refractivity contribution is 5.61. The Hall–Kier alpha value is -0.990. The molecule has 0 radical (unpaired) electrons. The van der Waals surface area contributed by atoms with Crippen LogP contribution in [-0.4, -0.2) is 12.1 Å². The molecule has 1 heterocycles. The average molecular weight is 237 g/mol. The van der Waals surface area contributed by atoms with E-state index in [0.29, 0.717) is 5.92 Å². The highest BCUT2D eigenvalue weighted by Gasteiger charge is 2.51. The van der Waals surface area contributed by atoms with Crippen LogP contribution in [0.3, 0.4) is 0 Å². The lowest BCUT2D eigenvalue weighted by Gasteiger charge is -2.29. The first-order chi connectivity index (χ1) is 8.09. The number of hydrogen-bond acceptors (Lipinski definition) is 1. The largest absolute Gasteiger partial charge is 0.269 e. The summed E-state index contributed by atoms with van der Waals surface area (Å²) in [6.45, 7) is 1.68. The summed E-state index contributed by atoms with van der Waals surface area (Å²) in [5.74, 6) is -2.58. The Morgan fingerprint density at radius 2 is 2.06 bits per heavy atom. The van der Waals surface area contributed by atoms with E-state index in [-0.39, 0.29) is 12.3 Å². The molecule has 2 aliphatic carbocycles. The van der Waals surface area contributed by atoms with Gasteiger partial charge in [-0.25, -0.2) is 8.78 Å². The van der Waals surface area contributed by atoms with Crippen molar-refractivity contribution < 1.29 is 8.78 Å². The number of allylic oxidation sites excluding steroid dienone is 3. The predicted octanol–water partition coefficient (Wildman–Crippen LogP) is 3.97. The molecule has 0 aromatic carbocycles. The van der Waals surface area contributed by atoms with Crippen molar-refractivity contribution in [2.45, 2.75) is 38.5 Å². The van der Waals surface area contributed by atoms with Crippen molar-refractivity contribution in [3.63, 3.8) is 0 Å². The Balaban J connectivity index is 2.07. The number of alkyl halides is 2. The lowest BCUT2D eigenvalue weighted by molar-refractivity contribution is -0.0275. The second-order valence-corrected chi connectivity index (χ2v) is 5.45. The molecule has 92 valence electrons. The van der Waals surface area contributed by atoms with Crippen LogP contribution in [0.25, 0.3) is 0 Å². The van der Waals surface area contributed by atoms with Crippen molar-refractivity contribution >= 4 is 6.21 Å². The molecule has 1 saturated carbocycles. The van der Waals surface area contributed by atoms with Crippen LogP contribution in [0.1, 0.15) is 32.6 Å². The number of hydrogen-bond donors (Lipinski definition) is 0. The SMILES string of the molecule is CC1C2=C3C=CN=CCC3CCC2CC1(F)F. The molecule has 1 fully saturated rings. The van der Waals surface area contributed by atoms with E-state index >= 15 is 0 Å². The standard InChI is InChI=1S/C14H17F2N/c1-9-13-11(8-14(9,15)16)3-2-10-4-6-17-7-5-12(10)13/h5-7,9-11H,2-4,8H2,1H3. The zero-order valence-corrected chi connectivity index (χ0v) is 10.00. The molecule has 0 spiro atoms. The number of halogens is 2. The fourth-order valence-electron chi connectivity index (χ4n) is 3.58. The van der Waals surface area contributed by atoms with Gasteiger partial charge in [-0.2, -0.15) is 0 Å². The molecule has 1 nitrogen and oxygen atoms in total. The Labute approximate surface area is 100 Å². The normalized spacial score (nSPS) is 38.9. The molecule has 0 aromatic rings. The van der Waals surface area contributed by atoms with E-state index in [0.717, 1.165) is 30.4 Å². The summed E-state index contributed by atoms with van der Waals surface area (Å²) in [6.07, 6.45) is 8.54. The van der Waals surface area contributed by atoms with Crippen LogP contribution in [0.5, 0.6) is 0 Å². The highest BCUT2D eigenvalue weighted by Crippen LogP contribution is 2.54. The molecule has 17 heavy (non-hydrogen) atoms. The van der Waals surface area contributed by atoms with Crippen molar-refractivity contribution in [2.75, 3.05) is 0 Å². The lowest BCUT2D eigenvalue weighted by atomic mass is 9.75. The third-order valence-electron chi connectivity index (χ3n) is 4.53. The summed E-state index contributed by atoms with van der Waals surface area (Å²) >= 11 is 0. The van der Waals surface area contributed by atoms with Gasteiger partial charge in [0, 0.05) is 24.8 Å². The fraction of sp³-hybridized carbons (Fsp3) is 0.643. The number of fused-ring (bicyclic) bond motifs is 2. The Kier molecular flexibility index (Phi) is 2.46. The second-order valence-electron chi connectivity index (χ2n) is 5.45. The molecule has 0 bridgehead atoms. The second kappa shape index (κ2) is 3.76. The molecule has 3 aliphatic rings. The first kappa shape index (κ1) is 11.1. The van der Waals surface area contributed by atoms with Gasteiger partial charge in [0.05, 0.1) is 0 Å². The van der Waals surface area contributed by atoms with E-state index in [2.05, 4.69) is 4.99 Å². The van der Waals surface area contributed by atoms with Gasteiger partial charge in [0.15, 0.2) is 0 Å². The molecule has 0 saturated heterocycles. The summed E-state index contributed by atoms with van der Waals surface area (Å²) in [7, 11) is 0. The third-order valence-corrected chi connectivity index (χ3v) is 4.53. The van der Waals surface area contributed by atoms with E-state index in [9.17, 15) is 8.78 Å². The molecular formula is C14H17F2N. The van der Waals surface area contributed by atoms with Gasteiger partial charge in [0.25, 0.3) is 5.92 Å². The average Bonchev–Trinajstić information content (AvgIpc) is 2.46. The Morgan fingerprint density at radius 1 is 1.29 bits per heavy atom. The monoisotopic (exact) mass is 237 g/mol. The van der Waals surface area contributed by atoms with E-state index in [1.165, 1.54) is 0 Å². The van der Waals surface area contributed by atoms with E-state index in [1.807, 2.05) is 12.3 Å². The summed E-state index contributed by atoms with van der Waals surface area (Å²) in [6, 6.07) is 0. The van der Waals surface area contributed by atoms with E-state index < -0.39 is 11.8 Å². The van der Waals surface area contributed by atoms with Crippen LogP contribution in [0.4, 0.5) is 8.78 Å². The summed E-state index contributed by atoms with van der Waals surface area (Å²) in [5, 5.41) is 0. The van der Waals surface area contributed by atoms with Gasteiger partial charge in [0.2, 0.25) is 0 Å². The summed E-state index contributed by atoms with van der Waals surface area (Å²) in [4.78, 5) is 4.14. The molecular weight excluding hydrogens is 220 g/mol. The molecule has 3 unspecified atom stereocenters. The maximum atomic E-state index is 13.8. The zero-order valence-electron chi connectivity index (χ0n) is 10.00. The van der Waals surface area contributed by atoms with Crippen LogP contribution in [-0.2, 0) is 0 Å². The van der Waals surface area contributed by atoms with Crippen molar-refractivity contribution in [3.05, 3.63) is 23.4 Å². The molecule has 0 amide bonds. The molecule has 3 heteroatoms. The highest BCUT2D eigenvalue weighted by atomic mass is 19.3. The van der Waals surface area contributed by atoms with Crippen molar-refractivity contribution in [1.29, 1.82) is 0 Å². The number of nitrogens with zero attached hydrogens (tertiary/aromatic N) is 1. The molecule has 0 aromatic heterocycles. The maximum Gasteiger partial charge on any atom is 0.254 e. The zero-order chi connectivity index (χ0) is 12.0. The Bertz CT molecular complexity index is 420. The van der Waals surface area contributed by atoms with Gasteiger partial charge in [0.1, 0.15) is 0 Å². The molecule has 3 rings (SSSR count). The fourth-order valence-corrected chi connectivity index (χ4v) is 3.58. The van der Waals surface area contributed by atoms with Gasteiger partial charge >= 0.3 is 0 Å². The maximum absolute atomic E-state index is 13.8. The molecule has 3 atom stereocenters. The third kappa shape index (κ3) is 1.67. The van der Waals surface area contributed by atoms with Gasteiger partial charge < -0.3 is 0 Å². The van der Waals surface area contributed by atoms with Crippen LogP contribution in [0.15, 0.2) is 28.4 Å². The van der Waals surface area contributed by atoms with E-state index in [4.69, 9.17) is 0 Å². The number of rotatable bonds is 0. The minimum absolute atomic E-state index is 0.0500. The number of aliphatic imine (C=N–C) groups is 1. The predicted molar refractivity (Wildman–Crippen MR) is 64.2 cm³/mol. The van der Waals surface area contributed by atoms with Crippen LogP contribution in [0.2, 0.25) is 0 Å². The topological polar surface area (TPSA) is 12.4 Å². The van der Waals surface area contributed by atoms with Crippen LogP contribution in [0, 0.1) is 17.8 Å². The van der Waals surface area contributed by atoms with E-state index in [1.54, 1.807) is 13.1 Å². The van der Waals surface area contributed by atoms with Gasteiger partial charge in [-0.1, -0.05) is 12.5 Å². The van der Waals surface area contributed by atoms with Crippen molar-refractivity contribution in [3.8, 4) is 0 Å². The summed E-state index contributed by atoms with van der Waals surface area (Å²) in [5.41, 5.74) is 2.18. The van der Waals surface area contributed by atoms with Crippen molar-refractivity contribution in [2.24, 2.45) is 22.7 Å². The van der Waals surface area contributed by atoms with Gasteiger partial charge in [-0.05, 0) is 42.7 Å². The van der Waals surface area contributed by atoms with Crippen LogP contribution < -0.4 is 0 Å². The summed E-state index contributed by atoms with van der Waals surface area (Å²) < 4.78 is 27.6. The smallest absolute Gasteiger partial charge is 0.254 e. The molecule has 1 aliphatic heterocycles. The van der Waals surface area contributed by atoms with Gasteiger partial charge in [-0.15, -0.1) is 0 Å². The van der Waals surface area contributed by atoms with Gasteiger partial charge in [-0.3, -0.25) is 4.99 Å². The first-order valence-electron chi connectivity index (χ1n) is 6.39. The quantitative estimate of drug-likeness (QED) is 0.604. The molecule has 0 N–H and O–H groups in total.